The van der Waals surface area contributed by atoms with Crippen LogP contribution in [0.4, 0.5) is 0 Å². The fourth-order valence-electron chi connectivity index (χ4n) is 14.7. The highest BCUT2D eigenvalue weighted by Gasteiger charge is 2.52. The lowest BCUT2D eigenvalue weighted by Crippen LogP contribution is -2.67. The van der Waals surface area contributed by atoms with Crippen molar-refractivity contribution in [1.29, 1.82) is 0 Å². The van der Waals surface area contributed by atoms with Crippen LogP contribution in [-0.4, -0.2) is 364 Å². The van der Waals surface area contributed by atoms with Crippen LogP contribution in [0, 0.1) is 0 Å². The molecule has 136 heavy (non-hydrogen) atoms. The molecule has 4 heterocycles. The van der Waals surface area contributed by atoms with E-state index in [0.29, 0.717) is 17.7 Å². The third kappa shape index (κ3) is 39.3. The van der Waals surface area contributed by atoms with Crippen LogP contribution in [0.15, 0.2) is 60.3 Å². The smallest absolute Gasteiger partial charge is 0.329 e. The van der Waals surface area contributed by atoms with Crippen LogP contribution in [0.5, 0.6) is 11.5 Å². The highest BCUT2D eigenvalue weighted by atomic mass is 16.7. The van der Waals surface area contributed by atoms with Gasteiger partial charge in [-0.3, -0.25) is 52.7 Å². The minimum Gasteiger partial charge on any atom is -0.508 e. The number of ether oxygens (including phenoxy) is 7. The molecule has 0 aliphatic carbocycles. The Balaban J connectivity index is 0.00000508. The third-order valence-electron chi connectivity index (χ3n) is 22.2. The molecular formula is C89H141N11O36. The molecule has 4 aliphatic heterocycles. The van der Waals surface area contributed by atoms with E-state index in [2.05, 4.69) is 54.8 Å². The van der Waals surface area contributed by atoms with Crippen molar-refractivity contribution in [2.24, 2.45) is 5.73 Å². The summed E-state index contributed by atoms with van der Waals surface area (Å²) in [5.74, 6) is -15.9. The van der Waals surface area contributed by atoms with Gasteiger partial charge < -0.3 is 178 Å². The maximum absolute atomic E-state index is 15.4. The summed E-state index contributed by atoms with van der Waals surface area (Å²) in [5.41, 5.74) is 5.20. The lowest BCUT2D eigenvalue weighted by atomic mass is 9.96. The van der Waals surface area contributed by atoms with Gasteiger partial charge in [0.2, 0.25) is 53.2 Å². The number of allylic oxidation sites excluding steroid dienone is 1. The van der Waals surface area contributed by atoms with Gasteiger partial charge in [0.1, 0.15) is 152 Å². The number of hydrogen-bond donors (Lipinski definition) is 24. The minimum atomic E-state index is -2.41. The van der Waals surface area contributed by atoms with E-state index in [1.54, 1.807) is 0 Å². The number of hydrogen-bond acceptors (Lipinski definition) is 36. The van der Waals surface area contributed by atoms with Gasteiger partial charge in [-0.25, -0.2) is 4.79 Å². The number of carbonyl (C=O) groups excluding carboxylic acids is 15. The zero-order valence-electron chi connectivity index (χ0n) is 78.3. The average molecular weight is 1940 g/mol. The second kappa shape index (κ2) is 62.5. The molecule has 25 N–H and O–H groups in total. The lowest BCUT2D eigenvalue weighted by molar-refractivity contribution is -0.339. The number of nitrogens with one attached hydrogen (secondary N) is 9. The standard InChI is InChI=1S/C83H129N11O33.3C2H4O/c1-9-11-12-13-14-15-16-17-18-19-20-21-22-23-54(124-82-70(111)71(53(102)39-121-82)127-81-62(86-44(7)99)67(108)64(105)55(37-95)125-81)66(107)79(119)92-60(41(4)98)76(116)93-61-42(5)122-80(120)52(35-46-26-30-48(101)31-27-46)90-78(118)63(43(6)123-83-69(110)68(109)65(106)56(38-96)126-83)94(8)58(104)36-85-72(112)50(32-33-57(84)103)88-73(113)49(10-2)87-74(114)51(34-45-24-28-47(100)29-25-45)89-75(115)59(40(3)97)91-77(61)117;3*1-2-3/h10,24-31,40-43,50-56,59-71,81-83,95-98,100-102,105-111H,9,11-23,32-39H2,1-8H3,(H2,84,103)(H,85,112)(H,86,99)(H,87,114)(H,88,113)(H,89,115)(H,90,118)(H,91,117)(H,92,119)(H,93,116);3*2H,1H3/b49-10-;;;/t40-,41?,42+,43?,50+,51+,52-,53+,54?,55-,56-,59-,60?,61-,62-,63?,64-,65-,66?,67-,68+,69+,70-,71+,81+,82-,83+;;;/m0.../s1. The number of aliphatic hydroxyl groups excluding tert-OH is 12. The SMILES string of the molecule is C/C=C1\NC(=O)[C@@H](Cc2ccc(O)cc2)NC(=O)[C@H]([C@H](C)O)NC(=O)[C@@H](NC(=O)C(NC(=O)C(O)C(CCCCCCCCCCCCCCC)O[C@@H]2OC[C@@H](O)[C@@H](O[C@H]3O[C@@H](CO)[C@H](O)[C@@H](O)[C@@H]3NC(C)=O)[C@@H]2O)C(C)O)[C@@H](C)OC(=O)[C@H](Cc2ccc(O)cc2)NC(=O)C(C(C)O[C@@H]2O[C@@H](CO)[C@H](O)[C@@H](O)[C@H]2O)N(C)C(=O)CNC(=O)[C@@H](CCC(N)=O)NC1=O.CC=O.CC=O.CC=O. The molecule has 4 aliphatic rings. The predicted octanol–water partition coefficient (Wildman–Crippen LogP) is -5.82. The van der Waals surface area contributed by atoms with Gasteiger partial charge in [-0.15, -0.1) is 0 Å². The van der Waals surface area contributed by atoms with Crippen molar-refractivity contribution in [3.05, 3.63) is 71.4 Å². The Hall–Kier alpha value is -10.3. The van der Waals surface area contributed by atoms with Gasteiger partial charge in [-0.1, -0.05) is 121 Å². The van der Waals surface area contributed by atoms with Gasteiger partial charge in [0.05, 0.1) is 50.8 Å². The second-order valence-corrected chi connectivity index (χ2v) is 33.0. The van der Waals surface area contributed by atoms with Crippen molar-refractivity contribution in [3.63, 3.8) is 0 Å². The Kier molecular flexibility index (Phi) is 55.1. The highest BCUT2D eigenvalue weighted by molar-refractivity contribution is 6.03. The van der Waals surface area contributed by atoms with Gasteiger partial charge in [0.25, 0.3) is 11.8 Å². The molecule has 2 aromatic carbocycles. The van der Waals surface area contributed by atoms with Crippen molar-refractivity contribution in [1.82, 2.24) is 52.8 Å². The maximum Gasteiger partial charge on any atom is 0.329 e. The second-order valence-electron chi connectivity index (χ2n) is 33.0. The highest BCUT2D eigenvalue weighted by Crippen LogP contribution is 2.31. The number of nitrogens with two attached hydrogens (primary N) is 1. The van der Waals surface area contributed by atoms with Crippen LogP contribution >= 0.6 is 0 Å². The average Bonchev–Trinajstić information content (AvgIpc) is 0.664. The number of cyclic esters (lactones) is 1. The molecule has 47 heteroatoms. The Morgan fingerprint density at radius 1 is 0.596 bits per heavy atom. The first-order valence-corrected chi connectivity index (χ1v) is 45.2. The van der Waals surface area contributed by atoms with Crippen LogP contribution in [0.1, 0.15) is 183 Å². The fraction of sp³-hybridized carbons (Fsp3) is 0.674. The molecule has 27 atom stereocenters. The molecule has 47 nitrogen and oxygen atoms in total. The van der Waals surface area contributed by atoms with E-state index in [-0.39, 0.29) is 35.5 Å². The Labute approximate surface area is 787 Å². The molecule has 6 unspecified atom stereocenters. The summed E-state index contributed by atoms with van der Waals surface area (Å²) in [6.45, 7) is 9.29. The summed E-state index contributed by atoms with van der Waals surface area (Å²) in [5, 5.41) is 174. The third-order valence-corrected chi connectivity index (χ3v) is 22.2. The number of rotatable bonds is 38. The first kappa shape index (κ1) is 120. The number of amides is 11. The van der Waals surface area contributed by atoms with Crippen molar-refractivity contribution in [2.45, 2.75) is 350 Å². The van der Waals surface area contributed by atoms with E-state index < -0.39 is 294 Å². The van der Waals surface area contributed by atoms with Gasteiger partial charge in [0, 0.05) is 33.2 Å². The Bertz CT molecular complexity index is 4080. The van der Waals surface area contributed by atoms with Crippen LogP contribution in [0.3, 0.4) is 0 Å². The Morgan fingerprint density at radius 2 is 1.10 bits per heavy atom. The maximum atomic E-state index is 15.4. The first-order chi connectivity index (χ1) is 64.4. The number of nitrogens with zero attached hydrogens (tertiary/aromatic N) is 1. The van der Waals surface area contributed by atoms with Crippen molar-refractivity contribution in [2.75, 3.05) is 33.4 Å². The number of carbonyl (C=O) groups is 15. The van der Waals surface area contributed by atoms with Crippen molar-refractivity contribution >= 4 is 89.8 Å². The van der Waals surface area contributed by atoms with E-state index in [9.17, 15) is 110 Å². The molecule has 0 radical (unpaired) electrons. The summed E-state index contributed by atoms with van der Waals surface area (Å²) < 4.78 is 41.1. The number of esters is 1. The quantitative estimate of drug-likeness (QED) is 0.0129. The number of aromatic hydroxyl groups is 2. The number of aldehydes is 3. The van der Waals surface area contributed by atoms with Gasteiger partial charge >= 0.3 is 5.97 Å². The summed E-state index contributed by atoms with van der Waals surface area (Å²) in [7, 11) is 0.994. The number of likely N-dealkylation sites (N-methyl/N-ethyl adjacent to an activating group) is 1. The fourth-order valence-corrected chi connectivity index (χ4v) is 14.7. The van der Waals surface area contributed by atoms with Crippen molar-refractivity contribution in [3.8, 4) is 11.5 Å². The van der Waals surface area contributed by atoms with E-state index in [4.69, 9.17) is 53.3 Å². The van der Waals surface area contributed by atoms with Gasteiger partial charge in [0.15, 0.2) is 25.0 Å². The molecule has 4 saturated heterocycles. The Morgan fingerprint density at radius 3 is 1.60 bits per heavy atom. The lowest BCUT2D eigenvalue weighted by Gasteiger charge is -2.46. The van der Waals surface area contributed by atoms with E-state index in [0.717, 1.165) is 118 Å². The van der Waals surface area contributed by atoms with E-state index in [1.807, 2.05) is 0 Å². The molecule has 0 aromatic heterocycles. The monoisotopic (exact) mass is 1940 g/mol. The molecule has 768 valence electrons. The zero-order chi connectivity index (χ0) is 102. The van der Waals surface area contributed by atoms with E-state index >= 15 is 19.2 Å². The number of phenols is 2. The summed E-state index contributed by atoms with van der Waals surface area (Å²) in [6.07, 6.45) is -23.5. The zero-order valence-corrected chi connectivity index (χ0v) is 78.3. The van der Waals surface area contributed by atoms with Crippen LogP contribution < -0.4 is 53.6 Å². The van der Waals surface area contributed by atoms with Gasteiger partial charge in [-0.2, -0.15) is 0 Å². The molecule has 11 amide bonds. The number of benzene rings is 2. The van der Waals surface area contributed by atoms with Crippen LogP contribution in [-0.2, 0) is 118 Å². The molecule has 4 fully saturated rings. The van der Waals surface area contributed by atoms with E-state index in [1.165, 1.54) is 89.1 Å². The minimum absolute atomic E-state index is 0.134. The number of unbranched alkanes of at least 4 members (excludes halogenated alkanes) is 12. The first-order valence-electron chi connectivity index (χ1n) is 45.2. The predicted molar refractivity (Wildman–Crippen MR) is 477 cm³/mol. The number of primary amides is 1. The summed E-state index contributed by atoms with van der Waals surface area (Å²) >= 11 is 0. The topological polar surface area (TPSA) is 741 Å². The molecule has 0 spiro atoms. The van der Waals surface area contributed by atoms with Gasteiger partial charge in [-0.05, 0) is 104 Å². The molecular weight excluding hydrogens is 1800 g/mol. The molecule has 0 saturated carbocycles. The molecule has 6 rings (SSSR count). The molecule has 2 aromatic rings. The van der Waals surface area contributed by atoms with Crippen molar-refractivity contribution < 1.29 is 177 Å². The number of aliphatic hydroxyl groups is 12. The number of phenolic OH excluding ortho intramolecular Hbond substituents is 2. The summed E-state index contributed by atoms with van der Waals surface area (Å²) in [4.78, 5) is 200. The summed E-state index contributed by atoms with van der Waals surface area (Å²) in [6, 6.07) is -6.19. The van der Waals surface area contributed by atoms with Crippen LogP contribution in [0.2, 0.25) is 0 Å². The van der Waals surface area contributed by atoms with Crippen LogP contribution in [0.25, 0.3) is 0 Å². The largest absolute Gasteiger partial charge is 0.508 e. The normalized spacial score (nSPS) is 28.5. The molecule has 0 bridgehead atoms.